The average molecular weight is 510 g/mol. The molecule has 4 N–H and O–H groups in total. The smallest absolute Gasteiger partial charge is 0.321 e. The van der Waals surface area contributed by atoms with Gasteiger partial charge in [0.2, 0.25) is 0 Å². The fourth-order valence-corrected chi connectivity index (χ4v) is 6.20. The molecule has 2 aromatic carbocycles. The first-order chi connectivity index (χ1) is 17.9. The molecule has 1 saturated heterocycles. The van der Waals surface area contributed by atoms with Crippen molar-refractivity contribution in [1.29, 1.82) is 0 Å². The van der Waals surface area contributed by atoms with E-state index < -0.39 is 29.9 Å². The third-order valence-electron chi connectivity index (χ3n) is 7.92. The number of hydrogen-bond donors (Lipinski definition) is 4. The maximum atomic E-state index is 13.4. The van der Waals surface area contributed by atoms with Crippen molar-refractivity contribution in [2.45, 2.75) is 56.3 Å². The molecule has 8 heteroatoms. The number of H-pyrrole nitrogens is 1. The molecule has 5 rings (SSSR count). The number of aliphatic hydroxyl groups is 1. The number of aromatic amines is 1. The van der Waals surface area contributed by atoms with Gasteiger partial charge in [-0.3, -0.25) is 15.0 Å². The number of halogens is 2. The van der Waals surface area contributed by atoms with Gasteiger partial charge in [0.15, 0.2) is 0 Å². The first-order valence-electron chi connectivity index (χ1n) is 13.0. The molecule has 1 aliphatic heterocycles. The summed E-state index contributed by atoms with van der Waals surface area (Å²) >= 11 is 0. The van der Waals surface area contributed by atoms with Crippen molar-refractivity contribution in [3.05, 3.63) is 77.5 Å². The molecule has 2 fully saturated rings. The van der Waals surface area contributed by atoms with Gasteiger partial charge < -0.3 is 15.2 Å². The molecule has 6 nitrogen and oxygen atoms in total. The Morgan fingerprint density at radius 3 is 2.54 bits per heavy atom. The Morgan fingerprint density at radius 1 is 1.08 bits per heavy atom. The minimum Gasteiger partial charge on any atom is -0.480 e. The Labute approximate surface area is 215 Å². The normalized spacial score (nSPS) is 23.1. The van der Waals surface area contributed by atoms with Crippen molar-refractivity contribution >= 4 is 22.9 Å². The number of hydrogen-bond acceptors (Lipinski definition) is 4. The number of piperidine rings is 1. The molecule has 0 radical (unpaired) electrons. The summed E-state index contributed by atoms with van der Waals surface area (Å²) < 4.78 is 26.7. The number of fused-ring (bicyclic) bond motifs is 1. The van der Waals surface area contributed by atoms with E-state index in [0.29, 0.717) is 17.9 Å². The fourth-order valence-electron chi connectivity index (χ4n) is 6.20. The molecule has 2 aliphatic rings. The van der Waals surface area contributed by atoms with Gasteiger partial charge in [0.25, 0.3) is 0 Å². The summed E-state index contributed by atoms with van der Waals surface area (Å²) in [7, 11) is 0. The van der Waals surface area contributed by atoms with Crippen molar-refractivity contribution in [1.82, 2.24) is 15.2 Å². The van der Waals surface area contributed by atoms with Gasteiger partial charge in [0.1, 0.15) is 23.9 Å². The predicted molar refractivity (Wildman–Crippen MR) is 139 cm³/mol. The number of likely N-dealkylation sites (tertiary alicyclic amines) is 1. The van der Waals surface area contributed by atoms with Crippen LogP contribution < -0.4 is 5.32 Å². The second kappa shape index (κ2) is 11.1. The molecule has 1 unspecified atom stereocenters. The molecule has 37 heavy (non-hydrogen) atoms. The molecule has 1 saturated carbocycles. The quantitative estimate of drug-likeness (QED) is 0.326. The number of aromatic nitrogens is 1. The Hall–Kier alpha value is -3.07. The molecule has 1 aromatic heterocycles. The molecule has 0 spiro atoms. The predicted octanol–water partition coefficient (Wildman–Crippen LogP) is 4.87. The lowest BCUT2D eigenvalue weighted by atomic mass is 9.87. The van der Waals surface area contributed by atoms with E-state index in [0.717, 1.165) is 50.4 Å². The molecule has 2 heterocycles. The molecule has 196 valence electrons. The third-order valence-corrected chi connectivity index (χ3v) is 7.92. The van der Waals surface area contributed by atoms with Gasteiger partial charge in [-0.1, -0.05) is 24.3 Å². The van der Waals surface area contributed by atoms with Crippen molar-refractivity contribution in [2.24, 2.45) is 5.92 Å². The standard InChI is InChI=1S/C29H33F2N3O3/c30-21-13-18(14-22(31)16-21)5-8-27(35)33-23-7-6-20(15-23)28(29(36)37)34-11-9-19(10-12-34)25-17-32-26-4-2-1-3-24(25)26/h1-5,8,13-14,16-17,19-20,23,27-28,32-33,35H,6-7,9-12,15H2,(H,36,37)/b8-5+/t20-,23+,27?,28-/m1/s1. The number of rotatable bonds is 8. The maximum absolute atomic E-state index is 13.4. The van der Waals surface area contributed by atoms with Crippen LogP contribution in [0.25, 0.3) is 17.0 Å². The monoisotopic (exact) mass is 509 g/mol. The topological polar surface area (TPSA) is 88.6 Å². The summed E-state index contributed by atoms with van der Waals surface area (Å²) in [5, 5.41) is 24.8. The highest BCUT2D eigenvalue weighted by Crippen LogP contribution is 2.37. The second-order valence-corrected chi connectivity index (χ2v) is 10.3. The summed E-state index contributed by atoms with van der Waals surface area (Å²) in [6.45, 7) is 1.48. The van der Waals surface area contributed by atoms with Crippen LogP contribution in [-0.4, -0.2) is 57.5 Å². The molecule has 3 aromatic rings. The summed E-state index contributed by atoms with van der Waals surface area (Å²) in [5.41, 5.74) is 2.77. The van der Waals surface area contributed by atoms with E-state index in [2.05, 4.69) is 33.5 Å². The molecular weight excluding hydrogens is 476 g/mol. The number of aliphatic hydroxyl groups excluding tert-OH is 1. The first-order valence-corrected chi connectivity index (χ1v) is 13.0. The van der Waals surface area contributed by atoms with Crippen LogP contribution >= 0.6 is 0 Å². The van der Waals surface area contributed by atoms with Crippen molar-refractivity contribution in [3.8, 4) is 0 Å². The van der Waals surface area contributed by atoms with Gasteiger partial charge in [0.05, 0.1) is 0 Å². The zero-order chi connectivity index (χ0) is 25.9. The number of nitrogens with one attached hydrogen (secondary N) is 2. The minimum absolute atomic E-state index is 0.00636. The zero-order valence-corrected chi connectivity index (χ0v) is 20.6. The van der Waals surface area contributed by atoms with Crippen LogP contribution in [0.15, 0.2) is 54.7 Å². The van der Waals surface area contributed by atoms with E-state index >= 15 is 0 Å². The van der Waals surface area contributed by atoms with E-state index in [4.69, 9.17) is 0 Å². The van der Waals surface area contributed by atoms with E-state index in [1.807, 2.05) is 12.1 Å². The summed E-state index contributed by atoms with van der Waals surface area (Å²) in [4.78, 5) is 17.8. The van der Waals surface area contributed by atoms with Crippen molar-refractivity contribution in [3.63, 3.8) is 0 Å². The SMILES string of the molecule is O=C(O)[C@@H]([C@@H]1CC[C@H](NC(O)/C=C/c2cc(F)cc(F)c2)C1)N1CCC(c2c[nH]c3ccccc23)CC1. The van der Waals surface area contributed by atoms with Crippen LogP contribution in [0.4, 0.5) is 8.78 Å². The number of carboxylic acid groups (broad SMARTS) is 1. The number of aliphatic carboxylic acids is 1. The van der Waals surface area contributed by atoms with E-state index in [-0.39, 0.29) is 12.0 Å². The Morgan fingerprint density at radius 2 is 1.81 bits per heavy atom. The molecular formula is C29H33F2N3O3. The summed E-state index contributed by atoms with van der Waals surface area (Å²) in [5.74, 6) is -1.73. The average Bonchev–Trinajstić information content (AvgIpc) is 3.50. The highest BCUT2D eigenvalue weighted by Gasteiger charge is 2.40. The van der Waals surface area contributed by atoms with Gasteiger partial charge in [-0.25, -0.2) is 8.78 Å². The van der Waals surface area contributed by atoms with E-state index in [1.54, 1.807) is 0 Å². The molecule has 0 amide bonds. The fraction of sp³-hybridized carbons (Fsp3) is 0.414. The van der Waals surface area contributed by atoms with Crippen LogP contribution in [0.2, 0.25) is 0 Å². The number of para-hydroxylation sites is 1. The van der Waals surface area contributed by atoms with Crippen molar-refractivity contribution < 1.29 is 23.8 Å². The first kappa shape index (κ1) is 25.6. The number of benzene rings is 2. The lowest BCUT2D eigenvalue weighted by Gasteiger charge is -2.38. The van der Waals surface area contributed by atoms with Gasteiger partial charge in [-0.15, -0.1) is 0 Å². The molecule has 4 atom stereocenters. The summed E-state index contributed by atoms with van der Waals surface area (Å²) in [6, 6.07) is 10.9. The van der Waals surface area contributed by atoms with Gasteiger partial charge in [0, 0.05) is 29.2 Å². The van der Waals surface area contributed by atoms with Crippen LogP contribution in [0.3, 0.4) is 0 Å². The Bertz CT molecular complexity index is 1250. The lowest BCUT2D eigenvalue weighted by Crippen LogP contribution is -2.49. The van der Waals surface area contributed by atoms with Gasteiger partial charge >= 0.3 is 5.97 Å². The van der Waals surface area contributed by atoms with Crippen LogP contribution in [0.1, 0.15) is 49.1 Å². The largest absolute Gasteiger partial charge is 0.480 e. The van der Waals surface area contributed by atoms with Crippen LogP contribution in [-0.2, 0) is 4.79 Å². The number of carbonyl (C=O) groups is 1. The highest BCUT2D eigenvalue weighted by molar-refractivity contribution is 5.83. The third kappa shape index (κ3) is 5.92. The van der Waals surface area contributed by atoms with Gasteiger partial charge in [-0.05, 0) is 92.4 Å². The maximum Gasteiger partial charge on any atom is 0.321 e. The highest BCUT2D eigenvalue weighted by atomic mass is 19.1. The number of carboxylic acids is 1. The van der Waals surface area contributed by atoms with Crippen molar-refractivity contribution in [2.75, 3.05) is 13.1 Å². The van der Waals surface area contributed by atoms with E-state index in [1.165, 1.54) is 35.2 Å². The zero-order valence-electron chi connectivity index (χ0n) is 20.6. The second-order valence-electron chi connectivity index (χ2n) is 10.3. The summed E-state index contributed by atoms with van der Waals surface area (Å²) in [6.07, 6.45) is 8.04. The Kier molecular flexibility index (Phi) is 7.69. The lowest BCUT2D eigenvalue weighted by molar-refractivity contribution is -0.146. The molecule has 0 bridgehead atoms. The Balaban J connectivity index is 1.16. The minimum atomic E-state index is -0.995. The van der Waals surface area contributed by atoms with Gasteiger partial charge in [-0.2, -0.15) is 0 Å². The molecule has 1 aliphatic carbocycles. The van der Waals surface area contributed by atoms with Crippen LogP contribution in [0, 0.1) is 17.6 Å². The van der Waals surface area contributed by atoms with E-state index in [9.17, 15) is 23.8 Å². The van der Waals surface area contributed by atoms with Crippen LogP contribution in [0.5, 0.6) is 0 Å². The number of nitrogens with zero attached hydrogens (tertiary/aromatic N) is 1.